The van der Waals surface area contributed by atoms with Gasteiger partial charge in [-0.25, -0.2) is 9.18 Å². The number of anilines is 1. The minimum Gasteiger partial charge on any atom is -0.466 e. The van der Waals surface area contributed by atoms with E-state index < -0.39 is 41.3 Å². The maximum atomic E-state index is 14.7. The number of ether oxygens (including phenoxy) is 2. The minimum absolute atomic E-state index is 0.00483. The number of hydrogen-bond acceptors (Lipinski definition) is 5. The lowest BCUT2D eigenvalue weighted by Gasteiger charge is -2.40. The Morgan fingerprint density at radius 2 is 1.80 bits per heavy atom. The van der Waals surface area contributed by atoms with Crippen molar-refractivity contribution < 1.29 is 28.2 Å². The molecule has 8 heteroatoms. The van der Waals surface area contributed by atoms with E-state index >= 15 is 0 Å². The SMILES string of the molecule is CCOC(=O)[C@H]1CCCN(C(=O)c2c(C)cccc2F)C1c1ccc(NC(=O)OC(C)(C)C)cc1. The molecule has 188 valence electrons. The molecule has 0 radical (unpaired) electrons. The van der Waals surface area contributed by atoms with Crippen LogP contribution in [-0.4, -0.2) is 41.6 Å². The van der Waals surface area contributed by atoms with Gasteiger partial charge in [0, 0.05) is 12.2 Å². The summed E-state index contributed by atoms with van der Waals surface area (Å²) < 4.78 is 25.3. The summed E-state index contributed by atoms with van der Waals surface area (Å²) in [4.78, 5) is 40.1. The second-order valence-corrected chi connectivity index (χ2v) is 9.62. The molecule has 1 fully saturated rings. The normalized spacial score (nSPS) is 18.1. The number of carbonyl (C=O) groups excluding carboxylic acids is 3. The van der Waals surface area contributed by atoms with E-state index in [1.54, 1.807) is 75.9 Å². The Morgan fingerprint density at radius 1 is 1.11 bits per heavy atom. The van der Waals surface area contributed by atoms with Gasteiger partial charge in [0.25, 0.3) is 5.91 Å². The summed E-state index contributed by atoms with van der Waals surface area (Å²) in [5, 5.41) is 2.67. The molecule has 0 spiro atoms. The van der Waals surface area contributed by atoms with Crippen LogP contribution in [-0.2, 0) is 14.3 Å². The number of likely N-dealkylation sites (tertiary alicyclic amines) is 1. The van der Waals surface area contributed by atoms with Gasteiger partial charge in [0.15, 0.2) is 0 Å². The third-order valence-electron chi connectivity index (χ3n) is 5.81. The maximum absolute atomic E-state index is 14.7. The molecular formula is C27H33FN2O5. The Morgan fingerprint density at radius 3 is 2.40 bits per heavy atom. The summed E-state index contributed by atoms with van der Waals surface area (Å²) in [7, 11) is 0. The molecule has 2 amide bonds. The third kappa shape index (κ3) is 6.38. The molecule has 0 bridgehead atoms. The van der Waals surface area contributed by atoms with Crippen LogP contribution in [0.3, 0.4) is 0 Å². The van der Waals surface area contributed by atoms with Crippen molar-refractivity contribution in [1.29, 1.82) is 0 Å². The standard InChI is InChI=1S/C27H33FN2O5/c1-6-34-25(32)20-10-8-16-30(24(31)22-17(2)9-7-11-21(22)28)23(20)18-12-14-19(15-13-18)29-26(33)35-27(3,4)5/h7,9,11-15,20,23H,6,8,10,16H2,1-5H3,(H,29,33)/t20-,23?/m0/s1. The van der Waals surface area contributed by atoms with Crippen molar-refractivity contribution >= 4 is 23.7 Å². The number of nitrogens with zero attached hydrogens (tertiary/aromatic N) is 1. The highest BCUT2D eigenvalue weighted by Crippen LogP contribution is 2.39. The van der Waals surface area contributed by atoms with Crippen molar-refractivity contribution in [3.8, 4) is 0 Å². The number of piperidine rings is 1. The fourth-order valence-electron chi connectivity index (χ4n) is 4.36. The number of hydrogen-bond donors (Lipinski definition) is 1. The van der Waals surface area contributed by atoms with E-state index in [4.69, 9.17) is 9.47 Å². The molecule has 1 saturated heterocycles. The summed E-state index contributed by atoms with van der Waals surface area (Å²) in [6.45, 7) is 9.35. The molecule has 0 aromatic heterocycles. The summed E-state index contributed by atoms with van der Waals surface area (Å²) in [6, 6.07) is 10.8. The fourth-order valence-corrected chi connectivity index (χ4v) is 4.36. The molecule has 0 aliphatic carbocycles. The lowest BCUT2D eigenvalue weighted by atomic mass is 9.84. The first kappa shape index (κ1) is 26.2. The number of esters is 1. The molecule has 2 aromatic carbocycles. The molecule has 1 unspecified atom stereocenters. The van der Waals surface area contributed by atoms with Gasteiger partial charge in [-0.1, -0.05) is 24.3 Å². The minimum atomic E-state index is -0.634. The van der Waals surface area contributed by atoms with E-state index in [0.29, 0.717) is 36.2 Å². The van der Waals surface area contributed by atoms with Gasteiger partial charge < -0.3 is 14.4 Å². The molecule has 7 nitrogen and oxygen atoms in total. The van der Waals surface area contributed by atoms with Gasteiger partial charge in [0.1, 0.15) is 11.4 Å². The van der Waals surface area contributed by atoms with E-state index in [2.05, 4.69) is 5.32 Å². The fraction of sp³-hybridized carbons (Fsp3) is 0.444. The number of amides is 2. The van der Waals surface area contributed by atoms with Gasteiger partial charge >= 0.3 is 12.1 Å². The summed E-state index contributed by atoms with van der Waals surface area (Å²) >= 11 is 0. The van der Waals surface area contributed by atoms with Gasteiger partial charge in [-0.2, -0.15) is 0 Å². The number of rotatable bonds is 5. The average molecular weight is 485 g/mol. The highest BCUT2D eigenvalue weighted by Gasteiger charge is 2.41. The summed E-state index contributed by atoms with van der Waals surface area (Å²) in [5.74, 6) is -2.04. The number of carbonyl (C=O) groups is 3. The van der Waals surface area contributed by atoms with E-state index in [1.807, 2.05) is 0 Å². The van der Waals surface area contributed by atoms with Crippen LogP contribution in [0.25, 0.3) is 0 Å². The Hall–Kier alpha value is -3.42. The second kappa shape index (κ2) is 10.9. The van der Waals surface area contributed by atoms with E-state index in [0.717, 1.165) is 0 Å². The van der Waals surface area contributed by atoms with Crippen LogP contribution in [0.2, 0.25) is 0 Å². The van der Waals surface area contributed by atoms with Crippen LogP contribution in [0.4, 0.5) is 14.9 Å². The molecule has 1 aliphatic heterocycles. The predicted molar refractivity (Wildman–Crippen MR) is 131 cm³/mol. The first-order valence-electron chi connectivity index (χ1n) is 11.8. The van der Waals surface area contributed by atoms with Crippen molar-refractivity contribution in [3.05, 3.63) is 65.0 Å². The zero-order chi connectivity index (χ0) is 25.8. The van der Waals surface area contributed by atoms with Crippen LogP contribution in [0.1, 0.15) is 68.1 Å². The van der Waals surface area contributed by atoms with Crippen LogP contribution in [0.15, 0.2) is 42.5 Å². The number of halogens is 1. The van der Waals surface area contributed by atoms with E-state index in [9.17, 15) is 18.8 Å². The molecule has 0 saturated carbocycles. The lowest BCUT2D eigenvalue weighted by molar-refractivity contribution is -0.151. The zero-order valence-electron chi connectivity index (χ0n) is 20.9. The third-order valence-corrected chi connectivity index (χ3v) is 5.81. The predicted octanol–water partition coefficient (Wildman–Crippen LogP) is 5.64. The van der Waals surface area contributed by atoms with Crippen molar-refractivity contribution in [1.82, 2.24) is 4.90 Å². The first-order valence-corrected chi connectivity index (χ1v) is 11.8. The molecule has 3 rings (SSSR count). The number of nitrogens with one attached hydrogen (secondary N) is 1. The van der Waals surface area contributed by atoms with Crippen molar-refractivity contribution in [3.63, 3.8) is 0 Å². The van der Waals surface area contributed by atoms with Gasteiger partial charge in [-0.05, 0) is 76.8 Å². The van der Waals surface area contributed by atoms with Crippen molar-refractivity contribution in [2.24, 2.45) is 5.92 Å². The molecular weight excluding hydrogens is 451 g/mol. The smallest absolute Gasteiger partial charge is 0.412 e. The molecule has 2 atom stereocenters. The van der Waals surface area contributed by atoms with E-state index in [1.165, 1.54) is 6.07 Å². The molecule has 2 aromatic rings. The van der Waals surface area contributed by atoms with Crippen molar-refractivity contribution in [2.45, 2.75) is 59.1 Å². The molecule has 35 heavy (non-hydrogen) atoms. The van der Waals surface area contributed by atoms with Gasteiger partial charge in [0.05, 0.1) is 24.1 Å². The first-order chi connectivity index (χ1) is 16.5. The zero-order valence-corrected chi connectivity index (χ0v) is 20.9. The van der Waals surface area contributed by atoms with Crippen LogP contribution in [0.5, 0.6) is 0 Å². The van der Waals surface area contributed by atoms with E-state index in [-0.39, 0.29) is 12.2 Å². The topological polar surface area (TPSA) is 84.9 Å². The highest BCUT2D eigenvalue weighted by atomic mass is 19.1. The Bertz CT molecular complexity index is 1060. The number of benzene rings is 2. The average Bonchev–Trinajstić information content (AvgIpc) is 2.78. The largest absolute Gasteiger partial charge is 0.466 e. The van der Waals surface area contributed by atoms with Crippen LogP contribution < -0.4 is 5.32 Å². The Balaban J connectivity index is 1.94. The summed E-state index contributed by atoms with van der Waals surface area (Å²) in [6.07, 6.45) is 0.554. The van der Waals surface area contributed by atoms with Gasteiger partial charge in [0.2, 0.25) is 0 Å². The number of aryl methyl sites for hydroxylation is 1. The van der Waals surface area contributed by atoms with Gasteiger partial charge in [-0.15, -0.1) is 0 Å². The Kier molecular flexibility index (Phi) is 8.14. The second-order valence-electron chi connectivity index (χ2n) is 9.62. The Labute approximate surface area is 205 Å². The lowest BCUT2D eigenvalue weighted by Crippen LogP contribution is -2.46. The monoisotopic (exact) mass is 484 g/mol. The molecule has 1 aliphatic rings. The van der Waals surface area contributed by atoms with Gasteiger partial charge in [-0.3, -0.25) is 14.9 Å². The quantitative estimate of drug-likeness (QED) is 0.556. The van der Waals surface area contributed by atoms with Crippen molar-refractivity contribution in [2.75, 3.05) is 18.5 Å². The molecule has 1 heterocycles. The molecule has 1 N–H and O–H groups in total. The van der Waals surface area contributed by atoms with Crippen LogP contribution in [0, 0.1) is 18.7 Å². The highest BCUT2D eigenvalue weighted by molar-refractivity contribution is 5.96. The summed E-state index contributed by atoms with van der Waals surface area (Å²) in [5.41, 5.74) is 1.10. The maximum Gasteiger partial charge on any atom is 0.412 e. The van der Waals surface area contributed by atoms with Crippen LogP contribution >= 0.6 is 0 Å².